The number of ether oxygens (including phenoxy) is 1. The molecule has 11 heteroatoms. The molecule has 1 saturated heterocycles. The third kappa shape index (κ3) is 5.89. The summed E-state index contributed by atoms with van der Waals surface area (Å²) in [6.07, 6.45) is -0.219. The fourth-order valence-corrected chi connectivity index (χ4v) is 3.64. The lowest BCUT2D eigenvalue weighted by Crippen LogP contribution is -2.57. The molecule has 3 amide bonds. The summed E-state index contributed by atoms with van der Waals surface area (Å²) in [6, 6.07) is 3.61. The zero-order chi connectivity index (χ0) is 25.2. The van der Waals surface area contributed by atoms with Gasteiger partial charge in [-0.25, -0.2) is 13.6 Å². The molecule has 1 aliphatic rings. The van der Waals surface area contributed by atoms with Crippen LogP contribution in [0.15, 0.2) is 28.8 Å². The minimum Gasteiger partial charge on any atom is -0.444 e. The molecule has 1 aliphatic heterocycles. The number of amides is 3. The van der Waals surface area contributed by atoms with Crippen LogP contribution in [-0.4, -0.2) is 71.7 Å². The van der Waals surface area contributed by atoms with E-state index < -0.39 is 41.2 Å². The maximum Gasteiger partial charge on any atom is 0.410 e. The molecule has 2 aromatic rings. The Morgan fingerprint density at radius 3 is 2.53 bits per heavy atom. The van der Waals surface area contributed by atoms with Crippen molar-refractivity contribution in [2.45, 2.75) is 38.8 Å². The highest BCUT2D eigenvalue weighted by atomic mass is 19.1. The van der Waals surface area contributed by atoms with Gasteiger partial charge in [0.05, 0.1) is 11.5 Å². The summed E-state index contributed by atoms with van der Waals surface area (Å²) in [5, 5.41) is 6.46. The number of likely N-dealkylation sites (tertiary alicyclic amines) is 1. The van der Waals surface area contributed by atoms with Crippen LogP contribution in [0, 0.1) is 17.6 Å². The van der Waals surface area contributed by atoms with Gasteiger partial charge < -0.3 is 24.4 Å². The van der Waals surface area contributed by atoms with E-state index in [0.717, 1.165) is 6.07 Å². The Labute approximate surface area is 196 Å². The summed E-state index contributed by atoms with van der Waals surface area (Å²) in [4.78, 5) is 41.0. The first kappa shape index (κ1) is 25.1. The van der Waals surface area contributed by atoms with E-state index in [0.29, 0.717) is 12.5 Å². The van der Waals surface area contributed by atoms with Gasteiger partial charge in [0.1, 0.15) is 17.2 Å². The number of piperidine rings is 1. The minimum atomic E-state index is -0.853. The number of carbonyl (C=O) groups excluding carboxylic acids is 3. The molecule has 0 bridgehead atoms. The molecule has 0 radical (unpaired) electrons. The van der Waals surface area contributed by atoms with Gasteiger partial charge in [-0.1, -0.05) is 5.16 Å². The molecule has 2 atom stereocenters. The number of nitrogens with zero attached hydrogens (tertiary/aromatic N) is 3. The molecule has 1 aromatic heterocycles. The van der Waals surface area contributed by atoms with Crippen LogP contribution in [0.5, 0.6) is 0 Å². The third-order valence-electron chi connectivity index (χ3n) is 5.28. The number of aromatic nitrogens is 1. The quantitative estimate of drug-likeness (QED) is 0.724. The number of hydrogen-bond acceptors (Lipinski definition) is 6. The zero-order valence-corrected chi connectivity index (χ0v) is 19.7. The Hall–Kier alpha value is -3.50. The average Bonchev–Trinajstić information content (AvgIpc) is 3.22. The largest absolute Gasteiger partial charge is 0.444 e. The van der Waals surface area contributed by atoms with Crippen LogP contribution in [0.1, 0.15) is 37.7 Å². The number of carbonyl (C=O) groups is 3. The second-order valence-corrected chi connectivity index (χ2v) is 9.33. The van der Waals surface area contributed by atoms with Crippen molar-refractivity contribution in [1.82, 2.24) is 20.3 Å². The van der Waals surface area contributed by atoms with Crippen molar-refractivity contribution in [3.63, 3.8) is 0 Å². The Kier molecular flexibility index (Phi) is 7.23. The average molecular weight is 478 g/mol. The minimum absolute atomic E-state index is 0.0386. The lowest BCUT2D eigenvalue weighted by molar-refractivity contribution is -0.135. The van der Waals surface area contributed by atoms with E-state index in [9.17, 15) is 23.2 Å². The van der Waals surface area contributed by atoms with Gasteiger partial charge >= 0.3 is 6.09 Å². The summed E-state index contributed by atoms with van der Waals surface area (Å²) in [6.45, 7) is 5.61. The van der Waals surface area contributed by atoms with Gasteiger partial charge in [-0.3, -0.25) is 9.59 Å². The number of hydrogen-bond donors (Lipinski definition) is 1. The topological polar surface area (TPSA) is 105 Å². The Morgan fingerprint density at radius 1 is 1.21 bits per heavy atom. The van der Waals surface area contributed by atoms with Gasteiger partial charge in [0.25, 0.3) is 5.91 Å². The number of halogens is 2. The summed E-state index contributed by atoms with van der Waals surface area (Å²) in [5.41, 5.74) is -0.846. The van der Waals surface area contributed by atoms with Crippen molar-refractivity contribution in [2.24, 2.45) is 5.92 Å². The van der Waals surface area contributed by atoms with Gasteiger partial charge in [-0.15, -0.1) is 0 Å². The molecule has 0 spiro atoms. The molecule has 1 fully saturated rings. The predicted octanol–water partition coefficient (Wildman–Crippen LogP) is 3.06. The molecule has 9 nitrogen and oxygen atoms in total. The zero-order valence-electron chi connectivity index (χ0n) is 19.7. The molecule has 3 rings (SSSR count). The predicted molar refractivity (Wildman–Crippen MR) is 118 cm³/mol. The summed E-state index contributed by atoms with van der Waals surface area (Å²) >= 11 is 0. The fraction of sp³-hybridized carbons (Fsp3) is 0.478. The second kappa shape index (κ2) is 9.78. The van der Waals surface area contributed by atoms with Crippen molar-refractivity contribution < 1.29 is 32.4 Å². The maximum atomic E-state index is 14.0. The molecule has 34 heavy (non-hydrogen) atoms. The summed E-state index contributed by atoms with van der Waals surface area (Å²) in [5.74, 6) is -3.22. The lowest BCUT2D eigenvalue weighted by Gasteiger charge is -2.39. The first-order valence-corrected chi connectivity index (χ1v) is 10.8. The van der Waals surface area contributed by atoms with Crippen LogP contribution in [0.25, 0.3) is 11.3 Å². The third-order valence-corrected chi connectivity index (χ3v) is 5.28. The summed E-state index contributed by atoms with van der Waals surface area (Å²) < 4.78 is 37.7. The van der Waals surface area contributed by atoms with Crippen LogP contribution in [-0.2, 0) is 9.53 Å². The first-order valence-electron chi connectivity index (χ1n) is 10.8. The van der Waals surface area contributed by atoms with Crippen molar-refractivity contribution in [1.29, 1.82) is 0 Å². The van der Waals surface area contributed by atoms with Crippen LogP contribution < -0.4 is 5.32 Å². The van der Waals surface area contributed by atoms with Gasteiger partial charge in [-0.2, -0.15) is 0 Å². The van der Waals surface area contributed by atoms with Crippen LogP contribution in [0.3, 0.4) is 0 Å². The second-order valence-electron chi connectivity index (χ2n) is 9.33. The van der Waals surface area contributed by atoms with Crippen LogP contribution >= 0.6 is 0 Å². The van der Waals surface area contributed by atoms with Crippen LogP contribution in [0.2, 0.25) is 0 Å². The molecule has 2 heterocycles. The van der Waals surface area contributed by atoms with E-state index in [-0.39, 0.29) is 36.0 Å². The van der Waals surface area contributed by atoms with Crippen molar-refractivity contribution in [2.75, 3.05) is 27.2 Å². The number of nitrogens with one attached hydrogen (secondary N) is 1. The molecule has 0 saturated carbocycles. The fourth-order valence-electron chi connectivity index (χ4n) is 3.64. The SMILES string of the molecule is CN(C)C(=O)[C@@H]1CN(C(=O)OC(C)(C)C)CC[C@H]1NC(=O)c1cc(-c2ccc(F)cc2F)on1. The normalized spacial score (nSPS) is 18.4. The van der Waals surface area contributed by atoms with E-state index in [1.165, 1.54) is 21.9 Å². The molecule has 184 valence electrons. The van der Waals surface area contributed by atoms with Gasteiger partial charge in [0.2, 0.25) is 5.91 Å². The van der Waals surface area contributed by atoms with Crippen molar-refractivity contribution in [3.8, 4) is 11.3 Å². The molecule has 0 unspecified atom stereocenters. The van der Waals surface area contributed by atoms with E-state index in [1.54, 1.807) is 34.9 Å². The number of benzene rings is 1. The highest BCUT2D eigenvalue weighted by molar-refractivity contribution is 5.94. The highest BCUT2D eigenvalue weighted by Gasteiger charge is 2.39. The highest BCUT2D eigenvalue weighted by Crippen LogP contribution is 2.25. The van der Waals surface area contributed by atoms with Gasteiger partial charge in [-0.05, 0) is 39.3 Å². The van der Waals surface area contributed by atoms with Crippen LogP contribution in [0.4, 0.5) is 13.6 Å². The van der Waals surface area contributed by atoms with E-state index >= 15 is 0 Å². The van der Waals surface area contributed by atoms with Crippen molar-refractivity contribution >= 4 is 17.9 Å². The number of rotatable bonds is 4. The molecule has 1 N–H and O–H groups in total. The molecule has 1 aromatic carbocycles. The Morgan fingerprint density at radius 2 is 1.91 bits per heavy atom. The van der Waals surface area contributed by atoms with Crippen molar-refractivity contribution in [3.05, 3.63) is 41.6 Å². The van der Waals surface area contributed by atoms with Gasteiger partial charge in [0, 0.05) is 45.4 Å². The Bertz CT molecular complexity index is 1080. The van der Waals surface area contributed by atoms with E-state index in [1.807, 2.05) is 0 Å². The first-order chi connectivity index (χ1) is 15.9. The van der Waals surface area contributed by atoms with E-state index in [4.69, 9.17) is 9.26 Å². The molecular weight excluding hydrogens is 450 g/mol. The standard InChI is InChI=1S/C23H28F2N4O5/c1-23(2,3)33-22(32)29-9-8-17(15(12-29)21(31)28(4)5)26-20(30)18-11-19(34-27-18)14-7-6-13(24)10-16(14)25/h6-7,10-11,15,17H,8-9,12H2,1-5H3,(H,26,30)/t15-,17-/m1/s1. The maximum absolute atomic E-state index is 14.0. The molecule has 0 aliphatic carbocycles. The summed E-state index contributed by atoms with van der Waals surface area (Å²) in [7, 11) is 3.18. The monoisotopic (exact) mass is 478 g/mol. The lowest BCUT2D eigenvalue weighted by atomic mass is 9.90. The molecular formula is C23H28F2N4O5. The Balaban J connectivity index is 1.74. The smallest absolute Gasteiger partial charge is 0.410 e. The van der Waals surface area contributed by atoms with E-state index in [2.05, 4.69) is 10.5 Å². The van der Waals surface area contributed by atoms with Gasteiger partial charge in [0.15, 0.2) is 11.5 Å².